The van der Waals surface area contributed by atoms with Crippen LogP contribution in [0.2, 0.25) is 0 Å². The van der Waals surface area contributed by atoms with Gasteiger partial charge in [-0.25, -0.2) is 0 Å². The molecule has 134 valence electrons. The summed E-state index contributed by atoms with van der Waals surface area (Å²) in [5, 5.41) is 7.91. The zero-order valence-corrected chi connectivity index (χ0v) is 14.9. The molecule has 0 aromatic rings. The van der Waals surface area contributed by atoms with E-state index < -0.39 is 23.2 Å². The molecule has 0 fully saturated rings. The highest BCUT2D eigenvalue weighted by Gasteiger charge is 2.25. The normalized spacial score (nSPS) is 11.7. The predicted octanol–water partition coefficient (Wildman–Crippen LogP) is 3.03. The van der Waals surface area contributed by atoms with Gasteiger partial charge < -0.3 is 14.6 Å². The van der Waals surface area contributed by atoms with Gasteiger partial charge in [0.1, 0.15) is 5.25 Å². The fraction of sp³-hybridized carbons (Fsp3) is 0.812. The second-order valence-electron chi connectivity index (χ2n) is 5.20. The molecule has 1 unspecified atom stereocenters. The van der Waals surface area contributed by atoms with Gasteiger partial charge in [-0.1, -0.05) is 39.5 Å². The Morgan fingerprint density at radius 2 is 1.52 bits per heavy atom. The second kappa shape index (κ2) is 14.4. The van der Waals surface area contributed by atoms with Crippen LogP contribution in [-0.4, -0.2) is 47.2 Å². The molecule has 0 radical (unpaired) electrons. The molecule has 1 atom stereocenters. The van der Waals surface area contributed by atoms with Crippen molar-refractivity contribution in [2.45, 2.75) is 64.0 Å². The van der Waals surface area contributed by atoms with Gasteiger partial charge in [-0.05, 0) is 12.8 Å². The van der Waals surface area contributed by atoms with Gasteiger partial charge in [0.25, 0.3) is 0 Å². The van der Waals surface area contributed by atoms with Crippen molar-refractivity contribution in [3.05, 3.63) is 0 Å². The van der Waals surface area contributed by atoms with E-state index in [0.29, 0.717) is 13.2 Å². The highest BCUT2D eigenvalue weighted by Crippen LogP contribution is 2.18. The van der Waals surface area contributed by atoms with Crippen LogP contribution in [0.15, 0.2) is 0 Å². The third kappa shape index (κ3) is 12.9. The van der Waals surface area contributed by atoms with Crippen LogP contribution in [0.25, 0.3) is 0 Å². The third-order valence-corrected chi connectivity index (χ3v) is 4.20. The van der Waals surface area contributed by atoms with Gasteiger partial charge in [0.05, 0.1) is 25.4 Å². The maximum absolute atomic E-state index is 12.0. The first-order valence-corrected chi connectivity index (χ1v) is 9.21. The molecular formula is C16H28O6S. The standard InChI is InChI=1S/C16H28O6S/c1-3-5-7-9-21-15(19)11-13(23-12-14(17)18)16(20)22-10-8-6-4-2/h13H,3-12H2,1-2H3,(H,17,18). The van der Waals surface area contributed by atoms with Gasteiger partial charge in [0.15, 0.2) is 0 Å². The van der Waals surface area contributed by atoms with Gasteiger partial charge >= 0.3 is 17.9 Å². The molecule has 7 heteroatoms. The molecule has 6 nitrogen and oxygen atoms in total. The number of esters is 2. The van der Waals surface area contributed by atoms with Crippen LogP contribution in [0.1, 0.15) is 58.8 Å². The van der Waals surface area contributed by atoms with Gasteiger partial charge in [-0.2, -0.15) is 0 Å². The van der Waals surface area contributed by atoms with Crippen molar-refractivity contribution in [1.82, 2.24) is 0 Å². The summed E-state index contributed by atoms with van der Waals surface area (Å²) in [7, 11) is 0. The Bertz CT molecular complexity index is 358. The van der Waals surface area contributed by atoms with Gasteiger partial charge in [0, 0.05) is 0 Å². The lowest BCUT2D eigenvalue weighted by Crippen LogP contribution is -2.26. The van der Waals surface area contributed by atoms with Gasteiger partial charge in [-0.15, -0.1) is 11.8 Å². The molecule has 0 heterocycles. The average Bonchev–Trinajstić information content (AvgIpc) is 2.51. The number of aliphatic carboxylic acids is 1. The molecule has 0 saturated heterocycles. The molecule has 0 aromatic carbocycles. The minimum atomic E-state index is -1.03. The van der Waals surface area contributed by atoms with E-state index in [1.54, 1.807) is 0 Å². The Morgan fingerprint density at radius 1 is 0.957 bits per heavy atom. The molecule has 0 aromatic heterocycles. The highest BCUT2D eigenvalue weighted by atomic mass is 32.2. The number of carbonyl (C=O) groups is 3. The number of carboxylic acid groups (broad SMARTS) is 1. The van der Waals surface area contributed by atoms with Crippen LogP contribution in [0.5, 0.6) is 0 Å². The summed E-state index contributed by atoms with van der Waals surface area (Å²) in [6, 6.07) is 0. The summed E-state index contributed by atoms with van der Waals surface area (Å²) in [6.45, 7) is 4.72. The molecule has 1 N–H and O–H groups in total. The Labute approximate surface area is 142 Å². The summed E-state index contributed by atoms with van der Waals surface area (Å²) in [6.07, 6.45) is 5.37. The minimum absolute atomic E-state index is 0.156. The van der Waals surface area contributed by atoms with Crippen molar-refractivity contribution in [3.63, 3.8) is 0 Å². The van der Waals surface area contributed by atoms with Crippen LogP contribution >= 0.6 is 11.8 Å². The fourth-order valence-corrected chi connectivity index (χ4v) is 2.55. The third-order valence-electron chi connectivity index (χ3n) is 3.03. The van der Waals surface area contributed by atoms with Crippen molar-refractivity contribution in [2.24, 2.45) is 0 Å². The molecule has 0 aliphatic rings. The Kier molecular flexibility index (Phi) is 13.6. The first-order valence-electron chi connectivity index (χ1n) is 8.16. The summed E-state index contributed by atoms with van der Waals surface area (Å²) < 4.78 is 10.2. The summed E-state index contributed by atoms with van der Waals surface area (Å²) in [5.74, 6) is -2.32. The lowest BCUT2D eigenvalue weighted by atomic mass is 10.2. The maximum atomic E-state index is 12.0. The number of unbranched alkanes of at least 4 members (excludes halogenated alkanes) is 4. The van der Waals surface area contributed by atoms with Crippen molar-refractivity contribution >= 4 is 29.7 Å². The van der Waals surface area contributed by atoms with Crippen LogP contribution in [-0.2, 0) is 23.9 Å². The number of ether oxygens (including phenoxy) is 2. The molecule has 0 saturated carbocycles. The van der Waals surface area contributed by atoms with E-state index in [1.165, 1.54) is 0 Å². The average molecular weight is 348 g/mol. The monoisotopic (exact) mass is 348 g/mol. The molecule has 23 heavy (non-hydrogen) atoms. The largest absolute Gasteiger partial charge is 0.481 e. The van der Waals surface area contributed by atoms with Crippen molar-refractivity contribution in [1.29, 1.82) is 0 Å². The molecule has 0 amide bonds. The Hall–Kier alpha value is -1.24. The smallest absolute Gasteiger partial charge is 0.319 e. The van der Waals surface area contributed by atoms with E-state index in [-0.39, 0.29) is 12.2 Å². The van der Waals surface area contributed by atoms with Crippen molar-refractivity contribution in [2.75, 3.05) is 19.0 Å². The summed E-state index contributed by atoms with van der Waals surface area (Å²) >= 11 is 0.899. The molecule has 0 rings (SSSR count). The number of carbonyl (C=O) groups excluding carboxylic acids is 2. The van der Waals surface area contributed by atoms with Crippen molar-refractivity contribution in [3.8, 4) is 0 Å². The lowest BCUT2D eigenvalue weighted by Gasteiger charge is -2.14. The molecule has 0 bridgehead atoms. The molecule has 0 spiro atoms. The van der Waals surface area contributed by atoms with E-state index in [1.807, 2.05) is 6.92 Å². The second-order valence-corrected chi connectivity index (χ2v) is 6.39. The number of hydrogen-bond acceptors (Lipinski definition) is 6. The van der Waals surface area contributed by atoms with Crippen LogP contribution in [0.3, 0.4) is 0 Å². The number of carboxylic acids is 1. The zero-order valence-electron chi connectivity index (χ0n) is 14.0. The first-order chi connectivity index (χ1) is 11.0. The predicted molar refractivity (Wildman–Crippen MR) is 89.5 cm³/mol. The first kappa shape index (κ1) is 21.8. The SMILES string of the molecule is CCCCCOC(=O)CC(SCC(=O)O)C(=O)OCCCCC. The topological polar surface area (TPSA) is 89.9 Å². The van der Waals surface area contributed by atoms with E-state index in [2.05, 4.69) is 6.92 Å². The van der Waals surface area contributed by atoms with Crippen molar-refractivity contribution < 1.29 is 29.0 Å². The lowest BCUT2D eigenvalue weighted by molar-refractivity contribution is -0.149. The maximum Gasteiger partial charge on any atom is 0.319 e. The number of thioether (sulfide) groups is 1. The van der Waals surface area contributed by atoms with Crippen LogP contribution in [0, 0.1) is 0 Å². The van der Waals surface area contributed by atoms with Gasteiger partial charge in [-0.3, -0.25) is 14.4 Å². The summed E-state index contributed by atoms with van der Waals surface area (Å²) in [5.41, 5.74) is 0. The number of hydrogen-bond donors (Lipinski definition) is 1. The van der Waals surface area contributed by atoms with Crippen LogP contribution < -0.4 is 0 Å². The fourth-order valence-electron chi connectivity index (χ4n) is 1.75. The van der Waals surface area contributed by atoms with E-state index in [9.17, 15) is 14.4 Å². The molecular weight excluding hydrogens is 320 g/mol. The zero-order chi connectivity index (χ0) is 17.5. The van der Waals surface area contributed by atoms with Crippen LogP contribution in [0.4, 0.5) is 0 Å². The molecule has 0 aliphatic carbocycles. The minimum Gasteiger partial charge on any atom is -0.481 e. The van der Waals surface area contributed by atoms with Gasteiger partial charge in [0.2, 0.25) is 0 Å². The Morgan fingerprint density at radius 3 is 2.04 bits per heavy atom. The van der Waals surface area contributed by atoms with E-state index >= 15 is 0 Å². The molecule has 0 aliphatic heterocycles. The Balaban J connectivity index is 4.28. The highest BCUT2D eigenvalue weighted by molar-refractivity contribution is 8.01. The quantitative estimate of drug-likeness (QED) is 0.381. The van der Waals surface area contributed by atoms with E-state index in [0.717, 1.165) is 50.3 Å². The number of rotatable bonds is 14. The van der Waals surface area contributed by atoms with E-state index in [4.69, 9.17) is 14.6 Å². The summed E-state index contributed by atoms with van der Waals surface area (Å²) in [4.78, 5) is 34.4.